The normalized spacial score (nSPS) is 11.2. The molecule has 0 N–H and O–H groups in total. The van der Waals surface area contributed by atoms with Gasteiger partial charge in [-0.05, 0) is 12.1 Å². The van der Waals surface area contributed by atoms with Crippen molar-refractivity contribution in [2.24, 2.45) is 0 Å². The molecule has 0 radical (unpaired) electrons. The molecule has 0 atom stereocenters. The fourth-order valence-corrected chi connectivity index (χ4v) is 3.03. The van der Waals surface area contributed by atoms with Crippen molar-refractivity contribution in [1.82, 2.24) is 4.67 Å². The summed E-state index contributed by atoms with van der Waals surface area (Å²) in [5.41, 5.74) is 7.32. The first-order valence-corrected chi connectivity index (χ1v) is 10.1. The molecule has 0 heterocycles. The molecule has 0 aliphatic rings. The summed E-state index contributed by atoms with van der Waals surface area (Å²) in [5, 5.41) is 0. The van der Waals surface area contributed by atoms with Crippen molar-refractivity contribution < 1.29 is 0 Å². The Balaban J connectivity index is 0.00000220. The van der Waals surface area contributed by atoms with Crippen LogP contribution in [0.25, 0.3) is 5.43 Å². The van der Waals surface area contributed by atoms with E-state index in [0.717, 1.165) is 13.1 Å². The van der Waals surface area contributed by atoms with Crippen molar-refractivity contribution in [2.75, 3.05) is 0 Å². The van der Waals surface area contributed by atoms with Gasteiger partial charge in [-0.3, -0.25) is 0 Å². The van der Waals surface area contributed by atoms with Crippen LogP contribution in [0.4, 0.5) is 0 Å². The van der Waals surface area contributed by atoms with Gasteiger partial charge >= 0.3 is 23.1 Å². The molecule has 0 saturated heterocycles. The van der Waals surface area contributed by atoms with Crippen LogP contribution in [0.2, 0.25) is 13.1 Å². The monoisotopic (exact) mass is 306 g/mol. The van der Waals surface area contributed by atoms with Crippen LogP contribution < -0.4 is 0 Å². The van der Waals surface area contributed by atoms with Gasteiger partial charge in [-0.2, -0.15) is 0 Å². The van der Waals surface area contributed by atoms with Crippen LogP contribution in [0.3, 0.4) is 0 Å². The van der Waals surface area contributed by atoms with Crippen LogP contribution in [0.5, 0.6) is 0 Å². The Bertz CT molecular complexity index is 511. The van der Waals surface area contributed by atoms with E-state index in [4.69, 9.17) is 5.43 Å². The third-order valence-corrected chi connectivity index (χ3v) is 4.84. The SMILES string of the molecule is [CH2-][Si](C)(C)N(Cc1ccccc1)[N-]Cc1ccccc1.[Mg+2]. The Labute approximate surface area is 145 Å². The summed E-state index contributed by atoms with van der Waals surface area (Å²) in [6.45, 7) is 10.4. The van der Waals surface area contributed by atoms with E-state index in [-0.39, 0.29) is 23.1 Å². The molecule has 0 aromatic heterocycles. The van der Waals surface area contributed by atoms with Gasteiger partial charge in [-0.1, -0.05) is 87.6 Å². The van der Waals surface area contributed by atoms with E-state index in [1.807, 2.05) is 12.1 Å². The third-order valence-electron chi connectivity index (χ3n) is 3.14. The summed E-state index contributed by atoms with van der Waals surface area (Å²) >= 11 is 0. The minimum Gasteiger partial charge on any atom is -0.599 e. The van der Waals surface area contributed by atoms with Crippen LogP contribution >= 0.6 is 0 Å². The molecule has 106 valence electrons. The van der Waals surface area contributed by atoms with Crippen molar-refractivity contribution in [3.8, 4) is 0 Å². The average Bonchev–Trinajstić information content (AvgIpc) is 2.44. The molecule has 4 heteroatoms. The topological polar surface area (TPSA) is 17.3 Å². The molecule has 0 bridgehead atoms. The Morgan fingerprint density at radius 3 is 1.86 bits per heavy atom. The second kappa shape index (κ2) is 8.71. The molecular formula is C17H22MgN2Si. The van der Waals surface area contributed by atoms with E-state index in [0.29, 0.717) is 0 Å². The summed E-state index contributed by atoms with van der Waals surface area (Å²) < 4.78 is 2.20. The summed E-state index contributed by atoms with van der Waals surface area (Å²) in [6, 6.07) is 20.8. The number of benzene rings is 2. The fourth-order valence-electron chi connectivity index (χ4n) is 1.96. The van der Waals surface area contributed by atoms with Gasteiger partial charge in [-0.25, -0.2) is 0 Å². The van der Waals surface area contributed by atoms with Crippen molar-refractivity contribution in [2.45, 2.75) is 26.2 Å². The van der Waals surface area contributed by atoms with Gasteiger partial charge in [0.1, 0.15) is 0 Å². The second-order valence-electron chi connectivity index (χ2n) is 5.64. The van der Waals surface area contributed by atoms with Crippen LogP contribution in [-0.2, 0) is 13.1 Å². The molecule has 0 aliphatic heterocycles. The van der Waals surface area contributed by atoms with Crippen molar-refractivity contribution >= 4 is 31.3 Å². The zero-order valence-electron chi connectivity index (χ0n) is 13.0. The molecule has 2 aromatic carbocycles. The summed E-state index contributed by atoms with van der Waals surface area (Å²) in [7, 11) is -1.71. The van der Waals surface area contributed by atoms with Crippen molar-refractivity contribution in [3.63, 3.8) is 0 Å². The van der Waals surface area contributed by atoms with Crippen LogP contribution in [-0.4, -0.2) is 36.0 Å². The summed E-state index contributed by atoms with van der Waals surface area (Å²) in [5.74, 6) is 0. The Kier molecular flexibility index (Phi) is 7.62. The first-order chi connectivity index (χ1) is 9.55. The van der Waals surface area contributed by atoms with E-state index in [2.05, 4.69) is 72.8 Å². The van der Waals surface area contributed by atoms with Gasteiger partial charge in [0.25, 0.3) is 0 Å². The maximum absolute atomic E-state index is 4.79. The standard InChI is InChI=1S/C17H22N2Si.Mg/c1-20(2,3)19(15-17-12-8-5-9-13-17)18-14-16-10-6-4-7-11-16;/h4-13H,1,14-15H2,2-3H3;/q-2;+2. The molecular weight excluding hydrogens is 285 g/mol. The molecule has 2 aromatic rings. The largest absolute Gasteiger partial charge is 2.00 e. The van der Waals surface area contributed by atoms with Gasteiger partial charge in [0.05, 0.1) is 0 Å². The number of hydrogen-bond acceptors (Lipinski definition) is 1. The van der Waals surface area contributed by atoms with Gasteiger partial charge in [0, 0.05) is 0 Å². The van der Waals surface area contributed by atoms with Crippen LogP contribution in [0, 0.1) is 6.55 Å². The molecule has 0 spiro atoms. The second-order valence-corrected chi connectivity index (χ2v) is 9.78. The molecule has 0 amide bonds. The molecule has 0 aliphatic carbocycles. The maximum atomic E-state index is 4.79. The number of nitrogens with zero attached hydrogens (tertiary/aromatic N) is 2. The third kappa shape index (κ3) is 6.32. The first-order valence-electron chi connectivity index (χ1n) is 6.94. The van der Waals surface area contributed by atoms with Gasteiger partial charge in [0.2, 0.25) is 0 Å². The average molecular weight is 307 g/mol. The molecule has 2 nitrogen and oxygen atoms in total. The fraction of sp³-hybridized carbons (Fsp3) is 0.235. The first kappa shape index (κ1) is 18.4. The van der Waals surface area contributed by atoms with E-state index >= 15 is 0 Å². The quantitative estimate of drug-likeness (QED) is 0.445. The van der Waals surface area contributed by atoms with E-state index in [9.17, 15) is 0 Å². The van der Waals surface area contributed by atoms with Gasteiger partial charge in [0.15, 0.2) is 0 Å². The molecule has 2 rings (SSSR count). The Hall–Kier alpha value is -0.657. The van der Waals surface area contributed by atoms with Crippen molar-refractivity contribution in [3.05, 3.63) is 83.8 Å². The maximum Gasteiger partial charge on any atom is 2.00 e. The zero-order chi connectivity index (χ0) is 14.4. The molecule has 0 unspecified atom stereocenters. The Morgan fingerprint density at radius 2 is 1.38 bits per heavy atom. The van der Waals surface area contributed by atoms with Crippen LogP contribution in [0.1, 0.15) is 11.1 Å². The minimum atomic E-state index is -1.71. The van der Waals surface area contributed by atoms with Crippen molar-refractivity contribution in [1.29, 1.82) is 0 Å². The molecule has 0 fully saturated rings. The number of hydrogen-bond donors (Lipinski definition) is 0. The summed E-state index contributed by atoms with van der Waals surface area (Å²) in [4.78, 5) is 0. The molecule has 0 saturated carbocycles. The summed E-state index contributed by atoms with van der Waals surface area (Å²) in [6.07, 6.45) is 0. The van der Waals surface area contributed by atoms with E-state index in [1.165, 1.54) is 11.1 Å². The van der Waals surface area contributed by atoms with E-state index < -0.39 is 8.24 Å². The van der Waals surface area contributed by atoms with Crippen LogP contribution in [0.15, 0.2) is 60.7 Å². The predicted octanol–water partition coefficient (Wildman–Crippen LogP) is 4.18. The predicted molar refractivity (Wildman–Crippen MR) is 94.1 cm³/mol. The smallest absolute Gasteiger partial charge is 0.599 e. The zero-order valence-corrected chi connectivity index (χ0v) is 15.4. The molecule has 21 heavy (non-hydrogen) atoms. The number of rotatable bonds is 6. The van der Waals surface area contributed by atoms with Gasteiger partial charge in [-0.15, -0.1) is 6.54 Å². The van der Waals surface area contributed by atoms with E-state index in [1.54, 1.807) is 0 Å². The van der Waals surface area contributed by atoms with Gasteiger partial charge < -0.3 is 16.6 Å². The minimum absolute atomic E-state index is 0. The Morgan fingerprint density at radius 1 is 0.905 bits per heavy atom.